The maximum absolute atomic E-state index is 10.7. The Bertz CT molecular complexity index is 463. The summed E-state index contributed by atoms with van der Waals surface area (Å²) in [6, 6.07) is 1.47. The molecule has 0 fully saturated rings. The first kappa shape index (κ1) is 12.4. The third-order valence-electron chi connectivity index (χ3n) is 1.52. The number of ether oxygens (including phenoxy) is 2. The summed E-state index contributed by atoms with van der Waals surface area (Å²) in [5.41, 5.74) is 0. The SMILES string of the molecule is CC(=O)OCc1cc(=S)c(OC(C)=O)co1. The molecule has 5 nitrogen and oxygen atoms in total. The van der Waals surface area contributed by atoms with Crippen LogP contribution in [0.15, 0.2) is 16.7 Å². The smallest absolute Gasteiger partial charge is 0.308 e. The van der Waals surface area contributed by atoms with Gasteiger partial charge in [-0.15, -0.1) is 0 Å². The third kappa shape index (κ3) is 3.82. The molecule has 6 heteroatoms. The van der Waals surface area contributed by atoms with Crippen molar-refractivity contribution >= 4 is 24.2 Å². The van der Waals surface area contributed by atoms with E-state index in [9.17, 15) is 9.59 Å². The summed E-state index contributed by atoms with van der Waals surface area (Å²) in [6.45, 7) is 2.56. The van der Waals surface area contributed by atoms with Crippen LogP contribution in [0.2, 0.25) is 0 Å². The van der Waals surface area contributed by atoms with Gasteiger partial charge in [-0.05, 0) is 0 Å². The molecule has 0 radical (unpaired) electrons. The van der Waals surface area contributed by atoms with E-state index in [1.807, 2.05) is 0 Å². The fraction of sp³-hybridized carbons (Fsp3) is 0.300. The summed E-state index contributed by atoms with van der Waals surface area (Å²) in [5.74, 6) is -0.329. The average molecular weight is 242 g/mol. The van der Waals surface area contributed by atoms with E-state index in [2.05, 4.69) is 0 Å². The number of rotatable bonds is 3. The van der Waals surface area contributed by atoms with Crippen molar-refractivity contribution in [1.29, 1.82) is 0 Å². The van der Waals surface area contributed by atoms with Crippen molar-refractivity contribution in [2.24, 2.45) is 0 Å². The molecule has 1 rings (SSSR count). The van der Waals surface area contributed by atoms with Crippen LogP contribution in [0.3, 0.4) is 0 Å². The Morgan fingerprint density at radius 2 is 2.06 bits per heavy atom. The minimum Gasteiger partial charge on any atom is -0.462 e. The van der Waals surface area contributed by atoms with E-state index in [4.69, 9.17) is 26.1 Å². The third-order valence-corrected chi connectivity index (χ3v) is 1.84. The van der Waals surface area contributed by atoms with E-state index in [-0.39, 0.29) is 12.4 Å². The van der Waals surface area contributed by atoms with Gasteiger partial charge in [0, 0.05) is 19.9 Å². The van der Waals surface area contributed by atoms with E-state index in [0.717, 1.165) is 0 Å². The molecule has 0 amide bonds. The first-order valence-electron chi connectivity index (χ1n) is 4.42. The molecule has 0 aromatic carbocycles. The van der Waals surface area contributed by atoms with Crippen LogP contribution in [-0.2, 0) is 20.9 Å². The molecule has 86 valence electrons. The van der Waals surface area contributed by atoms with Crippen molar-refractivity contribution in [3.05, 3.63) is 22.6 Å². The summed E-state index contributed by atoms with van der Waals surface area (Å²) in [5, 5.41) is 0. The highest BCUT2D eigenvalue weighted by atomic mass is 32.1. The standard InChI is InChI=1S/C10H10O5S/c1-6(11)13-4-8-3-10(16)9(5-14-8)15-7(2)12/h3,5H,4H2,1-2H3. The molecule has 0 bridgehead atoms. The van der Waals surface area contributed by atoms with Crippen LogP contribution >= 0.6 is 12.2 Å². The Morgan fingerprint density at radius 1 is 1.38 bits per heavy atom. The van der Waals surface area contributed by atoms with Gasteiger partial charge < -0.3 is 13.9 Å². The van der Waals surface area contributed by atoms with Gasteiger partial charge in [-0.1, -0.05) is 12.2 Å². The van der Waals surface area contributed by atoms with Crippen molar-refractivity contribution in [2.45, 2.75) is 20.5 Å². The lowest BCUT2D eigenvalue weighted by Gasteiger charge is -2.03. The van der Waals surface area contributed by atoms with Gasteiger partial charge in [-0.2, -0.15) is 0 Å². The zero-order valence-electron chi connectivity index (χ0n) is 8.81. The van der Waals surface area contributed by atoms with Gasteiger partial charge in [0.05, 0.1) is 4.51 Å². The average Bonchev–Trinajstić information content (AvgIpc) is 2.18. The van der Waals surface area contributed by atoms with E-state index < -0.39 is 11.9 Å². The van der Waals surface area contributed by atoms with Gasteiger partial charge in [0.15, 0.2) is 5.75 Å². The first-order chi connectivity index (χ1) is 7.49. The summed E-state index contributed by atoms with van der Waals surface area (Å²) in [7, 11) is 0. The van der Waals surface area contributed by atoms with E-state index in [0.29, 0.717) is 10.3 Å². The molecule has 0 saturated heterocycles. The van der Waals surface area contributed by atoms with Crippen LogP contribution in [0, 0.1) is 4.51 Å². The van der Waals surface area contributed by atoms with Crippen LogP contribution in [0.4, 0.5) is 0 Å². The van der Waals surface area contributed by atoms with Crippen LogP contribution in [-0.4, -0.2) is 11.9 Å². The molecule has 16 heavy (non-hydrogen) atoms. The lowest BCUT2D eigenvalue weighted by atomic mass is 10.4. The molecule has 1 aromatic heterocycles. The molecule has 1 aromatic rings. The molecule has 0 unspecified atom stereocenters. The fourth-order valence-corrected chi connectivity index (χ4v) is 1.14. The monoisotopic (exact) mass is 242 g/mol. The quantitative estimate of drug-likeness (QED) is 0.596. The number of hydrogen-bond acceptors (Lipinski definition) is 6. The second kappa shape index (κ2) is 5.41. The Balaban J connectivity index is 2.78. The first-order valence-corrected chi connectivity index (χ1v) is 4.83. The Kier molecular flexibility index (Phi) is 4.19. The van der Waals surface area contributed by atoms with Gasteiger partial charge in [-0.3, -0.25) is 9.59 Å². The van der Waals surface area contributed by atoms with Crippen LogP contribution in [0.1, 0.15) is 19.6 Å². The maximum atomic E-state index is 10.7. The van der Waals surface area contributed by atoms with E-state index >= 15 is 0 Å². The van der Waals surface area contributed by atoms with Gasteiger partial charge in [0.25, 0.3) is 0 Å². The van der Waals surface area contributed by atoms with E-state index in [1.165, 1.54) is 26.2 Å². The molecular weight excluding hydrogens is 232 g/mol. The van der Waals surface area contributed by atoms with Crippen molar-refractivity contribution in [1.82, 2.24) is 0 Å². The molecule has 1 heterocycles. The minimum atomic E-state index is -0.478. The maximum Gasteiger partial charge on any atom is 0.308 e. The molecule has 0 aliphatic carbocycles. The minimum absolute atomic E-state index is 0.000670. The van der Waals surface area contributed by atoms with E-state index in [1.54, 1.807) is 0 Å². The largest absolute Gasteiger partial charge is 0.462 e. The zero-order valence-corrected chi connectivity index (χ0v) is 9.63. The molecule has 0 atom stereocenters. The second-order valence-corrected chi connectivity index (χ2v) is 3.39. The number of esters is 2. The molecule has 0 aliphatic heterocycles. The predicted molar refractivity (Wildman–Crippen MR) is 56.3 cm³/mol. The van der Waals surface area contributed by atoms with Crippen molar-refractivity contribution in [2.75, 3.05) is 0 Å². The summed E-state index contributed by atoms with van der Waals surface area (Å²) < 4.78 is 14.9. The highest BCUT2D eigenvalue weighted by molar-refractivity contribution is 7.71. The topological polar surface area (TPSA) is 65.7 Å². The van der Waals surface area contributed by atoms with Gasteiger partial charge in [-0.25, -0.2) is 0 Å². The summed E-state index contributed by atoms with van der Waals surface area (Å²) >= 11 is 4.96. The number of carbonyl (C=O) groups excluding carboxylic acids is 2. The molecule has 0 spiro atoms. The van der Waals surface area contributed by atoms with Gasteiger partial charge in [0.1, 0.15) is 18.6 Å². The predicted octanol–water partition coefficient (Wildman–Crippen LogP) is 2.00. The Morgan fingerprint density at radius 3 is 2.56 bits per heavy atom. The summed E-state index contributed by atoms with van der Waals surface area (Å²) in [4.78, 5) is 21.2. The van der Waals surface area contributed by atoms with Crippen molar-refractivity contribution < 1.29 is 23.5 Å². The lowest BCUT2D eigenvalue weighted by Crippen LogP contribution is -2.03. The Hall–Kier alpha value is -1.69. The zero-order chi connectivity index (χ0) is 12.1. The number of hydrogen-bond donors (Lipinski definition) is 0. The highest BCUT2D eigenvalue weighted by Crippen LogP contribution is 2.16. The molecular formula is C10H10O5S. The molecule has 0 aliphatic rings. The van der Waals surface area contributed by atoms with Crippen LogP contribution < -0.4 is 4.74 Å². The lowest BCUT2D eigenvalue weighted by molar-refractivity contribution is -0.142. The van der Waals surface area contributed by atoms with Gasteiger partial charge >= 0.3 is 11.9 Å². The molecule has 0 saturated carbocycles. The van der Waals surface area contributed by atoms with Gasteiger partial charge in [0.2, 0.25) is 0 Å². The summed E-state index contributed by atoms with van der Waals surface area (Å²) in [6.07, 6.45) is 1.21. The highest BCUT2D eigenvalue weighted by Gasteiger charge is 2.05. The Labute approximate surface area is 97.0 Å². The van der Waals surface area contributed by atoms with Crippen molar-refractivity contribution in [3.63, 3.8) is 0 Å². The van der Waals surface area contributed by atoms with Crippen LogP contribution in [0.25, 0.3) is 0 Å². The normalized spacial score (nSPS) is 9.62. The molecule has 0 N–H and O–H groups in total. The van der Waals surface area contributed by atoms with Crippen molar-refractivity contribution in [3.8, 4) is 5.75 Å². The number of carbonyl (C=O) groups is 2. The fourth-order valence-electron chi connectivity index (χ4n) is 0.916. The second-order valence-electron chi connectivity index (χ2n) is 2.95. The van der Waals surface area contributed by atoms with Crippen LogP contribution in [0.5, 0.6) is 5.75 Å².